The van der Waals surface area contributed by atoms with Gasteiger partial charge in [0.15, 0.2) is 0 Å². The Morgan fingerprint density at radius 3 is 2.53 bits per heavy atom. The molecule has 1 unspecified atom stereocenters. The largest absolute Gasteiger partial charge is 0.380 e. The second kappa shape index (κ2) is 5.35. The zero-order valence-corrected chi connectivity index (χ0v) is 10.7. The van der Waals surface area contributed by atoms with Gasteiger partial charge < -0.3 is 4.74 Å². The van der Waals surface area contributed by atoms with Gasteiger partial charge in [-0.25, -0.2) is 8.42 Å². The van der Waals surface area contributed by atoms with Gasteiger partial charge in [-0.05, 0) is 25.2 Å². The summed E-state index contributed by atoms with van der Waals surface area (Å²) in [6, 6.07) is 0. The van der Waals surface area contributed by atoms with Gasteiger partial charge in [-0.3, -0.25) is 9.52 Å². The van der Waals surface area contributed by atoms with Gasteiger partial charge in [0.1, 0.15) is 5.25 Å². The fourth-order valence-corrected chi connectivity index (χ4v) is 3.77. The molecule has 1 saturated carbocycles. The van der Waals surface area contributed by atoms with Crippen molar-refractivity contribution in [3.8, 4) is 0 Å². The topological polar surface area (TPSA) is 72.5 Å². The van der Waals surface area contributed by atoms with Crippen molar-refractivity contribution in [1.82, 2.24) is 4.72 Å². The van der Waals surface area contributed by atoms with Crippen LogP contribution in [0.25, 0.3) is 0 Å². The van der Waals surface area contributed by atoms with Crippen LogP contribution in [0.5, 0.6) is 0 Å². The van der Waals surface area contributed by atoms with Gasteiger partial charge in [-0.1, -0.05) is 12.8 Å². The van der Waals surface area contributed by atoms with Crippen LogP contribution in [0.15, 0.2) is 0 Å². The lowest BCUT2D eigenvalue weighted by Gasteiger charge is -2.13. The second-order valence-electron chi connectivity index (χ2n) is 4.91. The molecule has 0 aromatic carbocycles. The van der Waals surface area contributed by atoms with Crippen LogP contribution >= 0.6 is 0 Å². The fourth-order valence-electron chi connectivity index (χ4n) is 2.52. The van der Waals surface area contributed by atoms with E-state index in [1.165, 1.54) is 0 Å². The maximum Gasteiger partial charge on any atom is 0.240 e. The summed E-state index contributed by atoms with van der Waals surface area (Å²) in [5.41, 5.74) is 0. The van der Waals surface area contributed by atoms with Crippen LogP contribution in [0.1, 0.15) is 38.5 Å². The second-order valence-corrected chi connectivity index (χ2v) is 6.87. The van der Waals surface area contributed by atoms with Crippen molar-refractivity contribution in [2.24, 2.45) is 5.92 Å². The van der Waals surface area contributed by atoms with Gasteiger partial charge in [0.05, 0.1) is 6.61 Å². The van der Waals surface area contributed by atoms with E-state index in [9.17, 15) is 13.2 Å². The van der Waals surface area contributed by atoms with E-state index >= 15 is 0 Å². The highest BCUT2D eigenvalue weighted by atomic mass is 32.2. The molecule has 6 heteroatoms. The van der Waals surface area contributed by atoms with Gasteiger partial charge in [-0.2, -0.15) is 0 Å². The summed E-state index contributed by atoms with van der Waals surface area (Å²) in [5, 5.41) is -0.560. The van der Waals surface area contributed by atoms with Crippen molar-refractivity contribution < 1.29 is 17.9 Å². The van der Waals surface area contributed by atoms with Crippen LogP contribution in [0.2, 0.25) is 0 Å². The number of sulfonamides is 1. The molecule has 0 aromatic rings. The Labute approximate surface area is 102 Å². The SMILES string of the molecule is O=C(CC1CCCC1)NS(=O)(=O)C1CCOC1. The minimum atomic E-state index is -3.53. The fraction of sp³-hybridized carbons (Fsp3) is 0.909. The van der Waals surface area contributed by atoms with E-state index in [2.05, 4.69) is 4.72 Å². The van der Waals surface area contributed by atoms with Crippen LogP contribution in [-0.2, 0) is 19.6 Å². The summed E-state index contributed by atoms with van der Waals surface area (Å²) in [6.45, 7) is 0.661. The molecule has 1 aliphatic carbocycles. The molecule has 98 valence electrons. The highest BCUT2D eigenvalue weighted by Gasteiger charge is 2.31. The quantitative estimate of drug-likeness (QED) is 0.812. The third kappa shape index (κ3) is 3.42. The third-order valence-electron chi connectivity index (χ3n) is 3.53. The Morgan fingerprint density at radius 2 is 1.94 bits per heavy atom. The molecule has 1 N–H and O–H groups in total. The number of hydrogen-bond acceptors (Lipinski definition) is 4. The minimum Gasteiger partial charge on any atom is -0.380 e. The number of nitrogens with one attached hydrogen (secondary N) is 1. The lowest BCUT2D eigenvalue weighted by Crippen LogP contribution is -2.39. The minimum absolute atomic E-state index is 0.200. The van der Waals surface area contributed by atoms with Gasteiger partial charge in [-0.15, -0.1) is 0 Å². The lowest BCUT2D eigenvalue weighted by atomic mass is 10.0. The Balaban J connectivity index is 1.84. The van der Waals surface area contributed by atoms with E-state index in [1.807, 2.05) is 0 Å². The third-order valence-corrected chi connectivity index (χ3v) is 5.29. The first-order valence-corrected chi connectivity index (χ1v) is 7.75. The first kappa shape index (κ1) is 12.8. The molecular weight excluding hydrogens is 242 g/mol. The smallest absolute Gasteiger partial charge is 0.240 e. The Kier molecular flexibility index (Phi) is 4.04. The van der Waals surface area contributed by atoms with E-state index in [1.54, 1.807) is 0 Å². The van der Waals surface area contributed by atoms with Crippen molar-refractivity contribution >= 4 is 15.9 Å². The predicted molar refractivity (Wildman–Crippen MR) is 62.9 cm³/mol. The summed E-state index contributed by atoms with van der Waals surface area (Å²) in [4.78, 5) is 11.6. The van der Waals surface area contributed by atoms with Crippen molar-refractivity contribution in [2.45, 2.75) is 43.8 Å². The summed E-state index contributed by atoms with van der Waals surface area (Å²) in [5.74, 6) is 0.00817. The van der Waals surface area contributed by atoms with Crippen molar-refractivity contribution in [2.75, 3.05) is 13.2 Å². The van der Waals surface area contributed by atoms with Crippen LogP contribution in [0, 0.1) is 5.92 Å². The molecule has 5 nitrogen and oxygen atoms in total. The molecular formula is C11H19NO4S. The maximum absolute atomic E-state index is 11.8. The summed E-state index contributed by atoms with van der Waals surface area (Å²) < 4.78 is 30.8. The van der Waals surface area contributed by atoms with Crippen molar-refractivity contribution in [3.05, 3.63) is 0 Å². The number of amides is 1. The molecule has 1 atom stereocenters. The predicted octanol–water partition coefficient (Wildman–Crippen LogP) is 0.802. The highest BCUT2D eigenvalue weighted by molar-refractivity contribution is 7.90. The number of carbonyl (C=O) groups is 1. The summed E-state index contributed by atoms with van der Waals surface area (Å²) >= 11 is 0. The Bertz CT molecular complexity index is 367. The number of hydrogen-bond donors (Lipinski definition) is 1. The van der Waals surface area contributed by atoms with Crippen molar-refractivity contribution in [3.63, 3.8) is 0 Å². The zero-order valence-electron chi connectivity index (χ0n) is 9.85. The van der Waals surface area contributed by atoms with Gasteiger partial charge in [0.2, 0.25) is 15.9 Å². The molecule has 0 spiro atoms. The summed E-state index contributed by atoms with van der Waals surface area (Å²) in [7, 11) is -3.53. The highest BCUT2D eigenvalue weighted by Crippen LogP contribution is 2.27. The van der Waals surface area contributed by atoms with Crippen LogP contribution in [0.4, 0.5) is 0 Å². The average Bonchev–Trinajstić information content (AvgIpc) is 2.87. The molecule has 2 aliphatic rings. The van der Waals surface area contributed by atoms with E-state index in [0.717, 1.165) is 25.7 Å². The first-order valence-electron chi connectivity index (χ1n) is 6.20. The molecule has 17 heavy (non-hydrogen) atoms. The molecule has 1 aliphatic heterocycles. The van der Waals surface area contributed by atoms with E-state index in [0.29, 0.717) is 25.4 Å². The van der Waals surface area contributed by atoms with Gasteiger partial charge in [0, 0.05) is 13.0 Å². The van der Waals surface area contributed by atoms with Crippen LogP contribution < -0.4 is 4.72 Å². The molecule has 1 amide bonds. The number of ether oxygens (including phenoxy) is 1. The molecule has 0 aromatic heterocycles. The van der Waals surface area contributed by atoms with Gasteiger partial charge >= 0.3 is 0 Å². The number of carbonyl (C=O) groups excluding carboxylic acids is 1. The lowest BCUT2D eigenvalue weighted by molar-refractivity contribution is -0.120. The van der Waals surface area contributed by atoms with Crippen LogP contribution in [0.3, 0.4) is 0 Å². The molecule has 2 fully saturated rings. The van der Waals surface area contributed by atoms with Crippen LogP contribution in [-0.4, -0.2) is 32.8 Å². The Hall–Kier alpha value is -0.620. The van der Waals surface area contributed by atoms with E-state index in [-0.39, 0.29) is 12.5 Å². The first-order chi connectivity index (χ1) is 8.08. The number of rotatable bonds is 4. The molecule has 0 radical (unpaired) electrons. The van der Waals surface area contributed by atoms with Gasteiger partial charge in [0.25, 0.3) is 0 Å². The van der Waals surface area contributed by atoms with E-state index in [4.69, 9.17) is 4.74 Å². The molecule has 1 saturated heterocycles. The summed E-state index contributed by atoms with van der Waals surface area (Å²) in [6.07, 6.45) is 5.21. The van der Waals surface area contributed by atoms with Crippen molar-refractivity contribution in [1.29, 1.82) is 0 Å². The molecule has 2 rings (SSSR count). The van der Waals surface area contributed by atoms with E-state index < -0.39 is 15.3 Å². The monoisotopic (exact) mass is 261 g/mol. The Morgan fingerprint density at radius 1 is 1.24 bits per heavy atom. The average molecular weight is 261 g/mol. The normalized spacial score (nSPS) is 26.2. The molecule has 0 bridgehead atoms. The standard InChI is InChI=1S/C11H19NO4S/c13-11(7-9-3-1-2-4-9)12-17(14,15)10-5-6-16-8-10/h9-10H,1-8H2,(H,12,13). The maximum atomic E-state index is 11.8. The molecule has 1 heterocycles. The zero-order chi connectivity index (χ0) is 12.3.